The van der Waals surface area contributed by atoms with Gasteiger partial charge in [0.25, 0.3) is 0 Å². The van der Waals surface area contributed by atoms with Crippen molar-refractivity contribution in [3.63, 3.8) is 0 Å². The largest absolute Gasteiger partial charge is 0.462 e. The van der Waals surface area contributed by atoms with Crippen LogP contribution in [0.2, 0.25) is 0 Å². The summed E-state index contributed by atoms with van der Waals surface area (Å²) in [6.07, 6.45) is 1.44. The maximum Gasteiger partial charge on any atom is 0.338 e. The second kappa shape index (κ2) is 9.07. The molecule has 0 fully saturated rings. The predicted molar refractivity (Wildman–Crippen MR) is 95.9 cm³/mol. The van der Waals surface area contributed by atoms with Crippen LogP contribution in [0.25, 0.3) is 0 Å². The van der Waals surface area contributed by atoms with Crippen LogP contribution in [-0.4, -0.2) is 39.1 Å². The monoisotopic (exact) mass is 363 g/mol. The zero-order chi connectivity index (χ0) is 18.2. The van der Waals surface area contributed by atoms with Crippen LogP contribution in [0.4, 0.5) is 5.69 Å². The number of hydrogen-bond acceptors (Lipinski definition) is 7. The van der Waals surface area contributed by atoms with Gasteiger partial charge >= 0.3 is 5.97 Å². The molecule has 2 aromatic rings. The first-order chi connectivity index (χ1) is 12.0. The van der Waals surface area contributed by atoms with Gasteiger partial charge in [-0.1, -0.05) is 25.6 Å². The fourth-order valence-corrected chi connectivity index (χ4v) is 2.62. The molecule has 1 heterocycles. The van der Waals surface area contributed by atoms with Crippen molar-refractivity contribution < 1.29 is 14.3 Å². The van der Waals surface area contributed by atoms with Gasteiger partial charge in [-0.2, -0.15) is 0 Å². The van der Waals surface area contributed by atoms with E-state index in [1.807, 2.05) is 13.8 Å². The maximum absolute atomic E-state index is 12.0. The maximum atomic E-state index is 12.0. The first-order valence-electron chi connectivity index (χ1n) is 7.94. The highest BCUT2D eigenvalue weighted by Gasteiger charge is 2.12. The Morgan fingerprint density at radius 3 is 2.56 bits per heavy atom. The highest BCUT2D eigenvalue weighted by molar-refractivity contribution is 7.99. The lowest BCUT2D eigenvalue weighted by atomic mass is 10.2. The number of carbonyl (C=O) groups excluding carboxylic acids is 2. The number of carbonyl (C=O) groups is 2. The molecule has 25 heavy (non-hydrogen) atoms. The summed E-state index contributed by atoms with van der Waals surface area (Å²) in [6, 6.07) is 6.55. The van der Waals surface area contributed by atoms with Crippen molar-refractivity contribution in [1.82, 2.24) is 14.9 Å². The molecular formula is C16H21N5O3S. The molecule has 0 saturated heterocycles. The Labute approximate surface area is 150 Å². The van der Waals surface area contributed by atoms with Gasteiger partial charge in [0.15, 0.2) is 5.82 Å². The molecule has 1 aromatic heterocycles. The zero-order valence-corrected chi connectivity index (χ0v) is 15.0. The van der Waals surface area contributed by atoms with E-state index in [0.717, 1.165) is 6.42 Å². The van der Waals surface area contributed by atoms with E-state index in [1.165, 1.54) is 16.4 Å². The molecule has 1 amide bonds. The number of nitrogens with one attached hydrogen (secondary N) is 1. The van der Waals surface area contributed by atoms with E-state index in [1.54, 1.807) is 24.3 Å². The molecule has 0 saturated carbocycles. The van der Waals surface area contributed by atoms with Crippen LogP contribution in [0.5, 0.6) is 0 Å². The van der Waals surface area contributed by atoms with Crippen molar-refractivity contribution in [3.05, 3.63) is 35.7 Å². The number of anilines is 1. The second-order valence-electron chi connectivity index (χ2n) is 5.17. The second-order valence-corrected chi connectivity index (χ2v) is 6.11. The average Bonchev–Trinajstić information content (AvgIpc) is 2.98. The number of thioether (sulfide) groups is 1. The average molecular weight is 363 g/mol. The van der Waals surface area contributed by atoms with Gasteiger partial charge < -0.3 is 15.9 Å². The molecule has 0 unspecified atom stereocenters. The van der Waals surface area contributed by atoms with Crippen LogP contribution < -0.4 is 11.2 Å². The number of nitrogens with zero attached hydrogens (tertiary/aromatic N) is 3. The number of nitrogens with two attached hydrogens (primary N) is 1. The van der Waals surface area contributed by atoms with Crippen molar-refractivity contribution in [3.8, 4) is 0 Å². The van der Waals surface area contributed by atoms with Crippen LogP contribution in [0.3, 0.4) is 0 Å². The molecule has 0 aliphatic rings. The Morgan fingerprint density at radius 1 is 1.24 bits per heavy atom. The molecule has 0 spiro atoms. The van der Waals surface area contributed by atoms with Crippen molar-refractivity contribution in [2.75, 3.05) is 23.5 Å². The van der Waals surface area contributed by atoms with E-state index in [9.17, 15) is 9.59 Å². The van der Waals surface area contributed by atoms with E-state index < -0.39 is 0 Å². The topological polar surface area (TPSA) is 112 Å². The van der Waals surface area contributed by atoms with E-state index in [-0.39, 0.29) is 17.6 Å². The summed E-state index contributed by atoms with van der Waals surface area (Å²) in [5, 5.41) is 11.1. The molecule has 9 heteroatoms. The zero-order valence-electron chi connectivity index (χ0n) is 14.2. The number of ether oxygens (including phenoxy) is 1. The highest BCUT2D eigenvalue weighted by atomic mass is 32.2. The lowest BCUT2D eigenvalue weighted by molar-refractivity contribution is -0.113. The minimum absolute atomic E-state index is 0.152. The molecule has 1 aromatic carbocycles. The summed E-state index contributed by atoms with van der Waals surface area (Å²) in [6.45, 7) is 4.25. The van der Waals surface area contributed by atoms with Crippen molar-refractivity contribution in [1.29, 1.82) is 0 Å². The normalized spacial score (nSPS) is 10.5. The van der Waals surface area contributed by atoms with Crippen molar-refractivity contribution in [2.45, 2.75) is 31.8 Å². The van der Waals surface area contributed by atoms with Crippen LogP contribution in [0.15, 0.2) is 29.4 Å². The first kappa shape index (κ1) is 18.8. The lowest BCUT2D eigenvalue weighted by Crippen LogP contribution is -2.17. The molecule has 0 aliphatic carbocycles. The minimum atomic E-state index is -0.371. The molecule has 3 N–H and O–H groups in total. The number of aromatic nitrogens is 3. The molecule has 0 bridgehead atoms. The third-order valence-electron chi connectivity index (χ3n) is 3.23. The third-order valence-corrected chi connectivity index (χ3v) is 4.17. The van der Waals surface area contributed by atoms with Gasteiger partial charge in [-0.25, -0.2) is 9.47 Å². The SMILES string of the molecule is CCCOC(=O)c1ccc(NC(=O)CSc2nnc(CC)n2N)cc1. The van der Waals surface area contributed by atoms with Gasteiger partial charge in [-0.15, -0.1) is 10.2 Å². The predicted octanol–water partition coefficient (Wildman–Crippen LogP) is 1.85. The smallest absolute Gasteiger partial charge is 0.338 e. The van der Waals surface area contributed by atoms with Gasteiger partial charge in [-0.3, -0.25) is 4.79 Å². The van der Waals surface area contributed by atoms with Crippen molar-refractivity contribution >= 4 is 29.3 Å². The van der Waals surface area contributed by atoms with E-state index in [4.69, 9.17) is 10.6 Å². The fourth-order valence-electron chi connectivity index (χ4n) is 1.94. The Morgan fingerprint density at radius 2 is 1.96 bits per heavy atom. The Bertz CT molecular complexity index is 730. The van der Waals surface area contributed by atoms with E-state index in [2.05, 4.69) is 15.5 Å². The van der Waals surface area contributed by atoms with Gasteiger partial charge in [0, 0.05) is 12.1 Å². The molecule has 134 valence electrons. The molecule has 8 nitrogen and oxygen atoms in total. The summed E-state index contributed by atoms with van der Waals surface area (Å²) in [7, 11) is 0. The fraction of sp³-hybridized carbons (Fsp3) is 0.375. The van der Waals surface area contributed by atoms with Gasteiger partial charge in [0.2, 0.25) is 11.1 Å². The number of benzene rings is 1. The Hall–Kier alpha value is -2.55. The Kier molecular flexibility index (Phi) is 6.81. The summed E-state index contributed by atoms with van der Waals surface area (Å²) in [5.41, 5.74) is 1.05. The molecule has 0 atom stereocenters. The van der Waals surface area contributed by atoms with E-state index in [0.29, 0.717) is 35.3 Å². The van der Waals surface area contributed by atoms with Crippen LogP contribution >= 0.6 is 11.8 Å². The number of nitrogen functional groups attached to an aromatic ring is 1. The standard InChI is InChI=1S/C16H21N5O3S/c1-3-9-24-15(23)11-5-7-12(8-6-11)18-14(22)10-25-16-20-19-13(4-2)21(16)17/h5-8H,3-4,9-10,17H2,1-2H3,(H,18,22). The number of aryl methyl sites for hydroxylation is 1. The Balaban J connectivity index is 1.85. The number of rotatable bonds is 8. The van der Waals surface area contributed by atoms with Gasteiger partial charge in [0.05, 0.1) is 17.9 Å². The van der Waals surface area contributed by atoms with E-state index >= 15 is 0 Å². The summed E-state index contributed by atoms with van der Waals surface area (Å²) >= 11 is 1.21. The quantitative estimate of drug-likeness (QED) is 0.418. The van der Waals surface area contributed by atoms with Crippen LogP contribution in [-0.2, 0) is 16.0 Å². The number of hydrogen-bond donors (Lipinski definition) is 2. The van der Waals surface area contributed by atoms with Gasteiger partial charge in [-0.05, 0) is 30.7 Å². The van der Waals surface area contributed by atoms with Crippen LogP contribution in [0.1, 0.15) is 36.5 Å². The van der Waals surface area contributed by atoms with Crippen LogP contribution in [0, 0.1) is 0 Å². The number of esters is 1. The summed E-state index contributed by atoms with van der Waals surface area (Å²) in [5.74, 6) is 6.07. The molecule has 2 rings (SSSR count). The third kappa shape index (κ3) is 5.21. The highest BCUT2D eigenvalue weighted by Crippen LogP contribution is 2.16. The summed E-state index contributed by atoms with van der Waals surface area (Å²) < 4.78 is 6.44. The molecular weight excluding hydrogens is 342 g/mol. The molecule has 0 aliphatic heterocycles. The first-order valence-corrected chi connectivity index (χ1v) is 8.92. The van der Waals surface area contributed by atoms with Crippen molar-refractivity contribution in [2.24, 2.45) is 0 Å². The molecule has 0 radical (unpaired) electrons. The number of amides is 1. The van der Waals surface area contributed by atoms with Gasteiger partial charge in [0.1, 0.15) is 0 Å². The minimum Gasteiger partial charge on any atom is -0.462 e. The lowest BCUT2D eigenvalue weighted by Gasteiger charge is -2.07. The summed E-state index contributed by atoms with van der Waals surface area (Å²) in [4.78, 5) is 23.7.